The molecule has 1 aromatic heterocycles. The number of nitrogens with zero attached hydrogens (tertiary/aromatic N) is 3. The maximum Gasteiger partial charge on any atom is 0.246 e. The predicted octanol–water partition coefficient (Wildman–Crippen LogP) is 2.86. The van der Waals surface area contributed by atoms with Crippen molar-refractivity contribution in [2.24, 2.45) is 0 Å². The number of rotatable bonds is 3. The number of nitrogens with one attached hydrogen (secondary N) is 1. The molecule has 2 aliphatic rings. The fourth-order valence-electron chi connectivity index (χ4n) is 3.72. The topological polar surface area (TPSA) is 70.8 Å². The molecule has 0 amide bonds. The van der Waals surface area contributed by atoms with Crippen LogP contribution in [0.2, 0.25) is 0 Å². The van der Waals surface area contributed by atoms with Crippen LogP contribution < -0.4 is 10.6 Å². The summed E-state index contributed by atoms with van der Waals surface area (Å²) in [5, 5.41) is 7.13. The van der Waals surface area contributed by atoms with Gasteiger partial charge in [-0.15, -0.1) is 5.10 Å². The Kier molecular flexibility index (Phi) is 3.89. The van der Waals surface area contributed by atoms with Crippen LogP contribution in [0.5, 0.6) is 0 Å². The lowest BCUT2D eigenvalue weighted by Gasteiger charge is -2.41. The number of nitrogens with two attached hydrogens (primary N) is 1. The van der Waals surface area contributed by atoms with E-state index < -0.39 is 0 Å². The highest BCUT2D eigenvalue weighted by Gasteiger charge is 2.31. The van der Waals surface area contributed by atoms with Crippen molar-refractivity contribution >= 4 is 11.9 Å². The van der Waals surface area contributed by atoms with E-state index in [0.29, 0.717) is 18.0 Å². The van der Waals surface area contributed by atoms with Gasteiger partial charge in [0.1, 0.15) is 0 Å². The van der Waals surface area contributed by atoms with Gasteiger partial charge in [0.05, 0.1) is 0 Å². The van der Waals surface area contributed by atoms with Gasteiger partial charge in [-0.25, -0.2) is 5.10 Å². The Morgan fingerprint density at radius 3 is 1.84 bits per heavy atom. The van der Waals surface area contributed by atoms with Crippen LogP contribution in [-0.4, -0.2) is 27.3 Å². The first-order chi connectivity index (χ1) is 9.34. The summed E-state index contributed by atoms with van der Waals surface area (Å²) in [6, 6.07) is 1.24. The van der Waals surface area contributed by atoms with E-state index in [1.54, 1.807) is 0 Å². The lowest BCUT2D eigenvalue weighted by atomic mass is 9.89. The van der Waals surface area contributed by atoms with Crippen molar-refractivity contribution in [3.05, 3.63) is 0 Å². The van der Waals surface area contributed by atoms with E-state index in [4.69, 9.17) is 5.73 Å². The van der Waals surface area contributed by atoms with Crippen LogP contribution in [0, 0.1) is 0 Å². The van der Waals surface area contributed by atoms with E-state index in [0.717, 1.165) is 5.95 Å². The van der Waals surface area contributed by atoms with Crippen molar-refractivity contribution < 1.29 is 0 Å². The summed E-state index contributed by atoms with van der Waals surface area (Å²) < 4.78 is 0. The molecule has 0 spiro atoms. The van der Waals surface area contributed by atoms with Gasteiger partial charge >= 0.3 is 0 Å². The van der Waals surface area contributed by atoms with Gasteiger partial charge in [-0.2, -0.15) is 4.98 Å². The van der Waals surface area contributed by atoms with Crippen LogP contribution in [-0.2, 0) is 0 Å². The Morgan fingerprint density at radius 1 is 0.895 bits per heavy atom. The van der Waals surface area contributed by atoms with E-state index >= 15 is 0 Å². The Balaban J connectivity index is 1.81. The first-order valence-corrected chi connectivity index (χ1v) is 7.81. The minimum atomic E-state index is 0.437. The van der Waals surface area contributed by atoms with Crippen molar-refractivity contribution in [2.45, 2.75) is 76.3 Å². The molecule has 0 aliphatic heterocycles. The molecular formula is C14H25N5. The van der Waals surface area contributed by atoms with Gasteiger partial charge in [0, 0.05) is 12.1 Å². The summed E-state index contributed by atoms with van der Waals surface area (Å²) in [5.41, 5.74) is 5.72. The number of aromatic amines is 1. The van der Waals surface area contributed by atoms with Crippen LogP contribution in [0.1, 0.15) is 64.2 Å². The second-order valence-electron chi connectivity index (χ2n) is 6.01. The quantitative estimate of drug-likeness (QED) is 0.879. The van der Waals surface area contributed by atoms with Crippen molar-refractivity contribution in [2.75, 3.05) is 10.6 Å². The molecule has 3 rings (SSSR count). The summed E-state index contributed by atoms with van der Waals surface area (Å²) in [5.74, 6) is 1.27. The maximum absolute atomic E-state index is 5.72. The normalized spacial score (nSPS) is 22.5. The zero-order valence-corrected chi connectivity index (χ0v) is 11.6. The molecule has 0 unspecified atom stereocenters. The zero-order chi connectivity index (χ0) is 13.1. The molecule has 0 aromatic carbocycles. The third-order valence-electron chi connectivity index (χ3n) is 4.66. The van der Waals surface area contributed by atoms with Crippen LogP contribution in [0.15, 0.2) is 0 Å². The molecular weight excluding hydrogens is 238 g/mol. The number of H-pyrrole nitrogens is 1. The zero-order valence-electron chi connectivity index (χ0n) is 11.6. The van der Waals surface area contributed by atoms with Crippen LogP contribution in [0.25, 0.3) is 0 Å². The van der Waals surface area contributed by atoms with E-state index in [-0.39, 0.29) is 0 Å². The van der Waals surface area contributed by atoms with Crippen LogP contribution >= 0.6 is 0 Å². The van der Waals surface area contributed by atoms with Gasteiger partial charge < -0.3 is 10.6 Å². The minimum Gasteiger partial charge on any atom is -0.368 e. The first kappa shape index (κ1) is 12.8. The summed E-state index contributed by atoms with van der Waals surface area (Å²) in [6.45, 7) is 0. The largest absolute Gasteiger partial charge is 0.368 e. The van der Waals surface area contributed by atoms with Gasteiger partial charge in [0.2, 0.25) is 11.9 Å². The van der Waals surface area contributed by atoms with Gasteiger partial charge in [-0.3, -0.25) is 0 Å². The fourth-order valence-corrected chi connectivity index (χ4v) is 3.72. The molecule has 2 aliphatic carbocycles. The highest BCUT2D eigenvalue weighted by atomic mass is 15.4. The lowest BCUT2D eigenvalue weighted by molar-refractivity contribution is 0.336. The number of nitrogen functional groups attached to an aromatic ring is 1. The summed E-state index contributed by atoms with van der Waals surface area (Å²) in [6.07, 6.45) is 13.3. The number of anilines is 2. The Labute approximate surface area is 115 Å². The summed E-state index contributed by atoms with van der Waals surface area (Å²) >= 11 is 0. The van der Waals surface area contributed by atoms with E-state index in [2.05, 4.69) is 20.1 Å². The second kappa shape index (κ2) is 5.80. The predicted molar refractivity (Wildman–Crippen MR) is 77.0 cm³/mol. The monoisotopic (exact) mass is 263 g/mol. The average Bonchev–Trinajstić information content (AvgIpc) is 2.88. The molecule has 0 radical (unpaired) electrons. The van der Waals surface area contributed by atoms with Gasteiger partial charge in [0.25, 0.3) is 0 Å². The molecule has 3 N–H and O–H groups in total. The Hall–Kier alpha value is -1.26. The van der Waals surface area contributed by atoms with E-state index in [1.807, 2.05) is 0 Å². The molecule has 1 aromatic rings. The van der Waals surface area contributed by atoms with E-state index in [9.17, 15) is 0 Å². The highest BCUT2D eigenvalue weighted by molar-refractivity contribution is 5.37. The highest BCUT2D eigenvalue weighted by Crippen LogP contribution is 2.32. The smallest absolute Gasteiger partial charge is 0.246 e. The van der Waals surface area contributed by atoms with E-state index in [1.165, 1.54) is 64.2 Å². The van der Waals surface area contributed by atoms with Gasteiger partial charge in [0.15, 0.2) is 0 Å². The Bertz CT molecular complexity index is 372. The number of aromatic nitrogens is 3. The number of hydrogen-bond donors (Lipinski definition) is 2. The molecule has 5 nitrogen and oxygen atoms in total. The molecule has 2 fully saturated rings. The minimum absolute atomic E-state index is 0.437. The van der Waals surface area contributed by atoms with Crippen LogP contribution in [0.3, 0.4) is 0 Å². The molecule has 0 saturated heterocycles. The molecule has 0 bridgehead atoms. The standard InChI is InChI=1S/C14H25N5/c15-13-16-14(18-17-13)19(11-7-3-1-4-8-11)12-9-5-2-6-10-12/h11-12H,1-10H2,(H3,15,16,17,18). The third-order valence-corrected chi connectivity index (χ3v) is 4.66. The van der Waals surface area contributed by atoms with Crippen molar-refractivity contribution in [1.29, 1.82) is 0 Å². The summed E-state index contributed by atoms with van der Waals surface area (Å²) in [7, 11) is 0. The lowest BCUT2D eigenvalue weighted by Crippen LogP contribution is -2.46. The third kappa shape index (κ3) is 2.85. The summed E-state index contributed by atoms with van der Waals surface area (Å²) in [4.78, 5) is 6.89. The second-order valence-corrected chi connectivity index (χ2v) is 6.01. The fraction of sp³-hybridized carbons (Fsp3) is 0.857. The number of hydrogen-bond acceptors (Lipinski definition) is 4. The first-order valence-electron chi connectivity index (χ1n) is 7.81. The molecule has 0 atom stereocenters. The SMILES string of the molecule is Nc1nc(N(C2CCCCC2)C2CCCCC2)n[nH]1. The maximum atomic E-state index is 5.72. The average molecular weight is 263 g/mol. The molecule has 5 heteroatoms. The molecule has 106 valence electrons. The molecule has 2 saturated carbocycles. The van der Waals surface area contributed by atoms with Gasteiger partial charge in [-0.05, 0) is 25.7 Å². The Morgan fingerprint density at radius 2 is 1.42 bits per heavy atom. The molecule has 1 heterocycles. The van der Waals surface area contributed by atoms with Crippen molar-refractivity contribution in [3.8, 4) is 0 Å². The van der Waals surface area contributed by atoms with Crippen LogP contribution in [0.4, 0.5) is 11.9 Å². The van der Waals surface area contributed by atoms with Crippen molar-refractivity contribution in [3.63, 3.8) is 0 Å². The molecule has 19 heavy (non-hydrogen) atoms. The van der Waals surface area contributed by atoms with Crippen molar-refractivity contribution in [1.82, 2.24) is 15.2 Å². The van der Waals surface area contributed by atoms with Gasteiger partial charge in [-0.1, -0.05) is 38.5 Å².